The van der Waals surface area contributed by atoms with Crippen LogP contribution in [0.25, 0.3) is 0 Å². The molecule has 78 valence electrons. The molecule has 4 nitrogen and oxygen atoms in total. The molecule has 4 heteroatoms. The molecular formula is C10H17N3O. The van der Waals surface area contributed by atoms with Crippen LogP contribution in [-0.4, -0.2) is 26.5 Å². The highest BCUT2D eigenvalue weighted by molar-refractivity contribution is 4.80. The predicted octanol–water partition coefficient (Wildman–Crippen LogP) is 1.39. The van der Waals surface area contributed by atoms with Crippen LogP contribution >= 0.6 is 0 Å². The van der Waals surface area contributed by atoms with Gasteiger partial charge in [-0.25, -0.2) is 0 Å². The van der Waals surface area contributed by atoms with E-state index in [0.29, 0.717) is 5.92 Å². The largest absolute Gasteiger partial charge is 0.394 e. The summed E-state index contributed by atoms with van der Waals surface area (Å²) in [6.07, 6.45) is 9.79. The quantitative estimate of drug-likeness (QED) is 0.793. The highest BCUT2D eigenvalue weighted by Crippen LogP contribution is 2.32. The minimum atomic E-state index is 0.185. The van der Waals surface area contributed by atoms with Gasteiger partial charge in [0, 0.05) is 0 Å². The Kier molecular flexibility index (Phi) is 3.14. The summed E-state index contributed by atoms with van der Waals surface area (Å²) in [5.74, 6) is 0.602. The predicted molar refractivity (Wildman–Crippen MR) is 52.7 cm³/mol. The van der Waals surface area contributed by atoms with Crippen molar-refractivity contribution in [3.8, 4) is 0 Å². The number of hydrogen-bond donors (Lipinski definition) is 1. The second-order valence-electron chi connectivity index (χ2n) is 4.06. The number of hydrogen-bond acceptors (Lipinski definition) is 3. The summed E-state index contributed by atoms with van der Waals surface area (Å²) in [5, 5.41) is 16.9. The van der Waals surface area contributed by atoms with Crippen molar-refractivity contribution >= 4 is 0 Å². The summed E-state index contributed by atoms with van der Waals surface area (Å²) >= 11 is 0. The number of aliphatic hydroxyl groups excluding tert-OH is 1. The minimum Gasteiger partial charge on any atom is -0.394 e. The van der Waals surface area contributed by atoms with Gasteiger partial charge in [-0.15, -0.1) is 10.2 Å². The smallest absolute Gasteiger partial charge is 0.119 e. The summed E-state index contributed by atoms with van der Waals surface area (Å²) in [7, 11) is 0. The van der Waals surface area contributed by atoms with Crippen LogP contribution in [0.15, 0.2) is 12.7 Å². The maximum Gasteiger partial charge on any atom is 0.119 e. The molecular weight excluding hydrogens is 178 g/mol. The molecule has 2 rings (SSSR count). The number of aliphatic hydroxyl groups is 1. The maximum atomic E-state index is 9.37. The Bertz CT molecular complexity index is 254. The van der Waals surface area contributed by atoms with E-state index in [1.807, 2.05) is 4.57 Å². The van der Waals surface area contributed by atoms with E-state index in [4.69, 9.17) is 0 Å². The standard InChI is InChI=1S/C10H17N3O/c14-6-10(13-7-11-12-8-13)9-4-2-1-3-5-9/h7-10,14H,1-6H2. The number of aromatic nitrogens is 3. The summed E-state index contributed by atoms with van der Waals surface area (Å²) in [5.41, 5.74) is 0. The Morgan fingerprint density at radius 2 is 1.86 bits per heavy atom. The lowest BCUT2D eigenvalue weighted by molar-refractivity contribution is 0.152. The van der Waals surface area contributed by atoms with E-state index in [9.17, 15) is 5.11 Å². The van der Waals surface area contributed by atoms with Gasteiger partial charge in [-0.1, -0.05) is 19.3 Å². The van der Waals surface area contributed by atoms with Crippen molar-refractivity contribution in [3.63, 3.8) is 0 Å². The van der Waals surface area contributed by atoms with Gasteiger partial charge < -0.3 is 9.67 Å². The minimum absolute atomic E-state index is 0.185. The lowest BCUT2D eigenvalue weighted by Crippen LogP contribution is -2.24. The van der Waals surface area contributed by atoms with Gasteiger partial charge in [-0.05, 0) is 18.8 Å². The van der Waals surface area contributed by atoms with Crippen molar-refractivity contribution in [3.05, 3.63) is 12.7 Å². The summed E-state index contributed by atoms with van der Waals surface area (Å²) < 4.78 is 1.94. The molecule has 1 aliphatic carbocycles. The Morgan fingerprint density at radius 3 is 2.43 bits per heavy atom. The SMILES string of the molecule is OCC(C1CCCCC1)n1cnnc1. The molecule has 1 aromatic rings. The van der Waals surface area contributed by atoms with Crippen molar-refractivity contribution in [2.45, 2.75) is 38.1 Å². The van der Waals surface area contributed by atoms with Crippen molar-refractivity contribution in [2.24, 2.45) is 5.92 Å². The van der Waals surface area contributed by atoms with E-state index in [-0.39, 0.29) is 12.6 Å². The van der Waals surface area contributed by atoms with Crippen LogP contribution in [0.5, 0.6) is 0 Å². The van der Waals surface area contributed by atoms with E-state index < -0.39 is 0 Å². The second-order valence-corrected chi connectivity index (χ2v) is 4.06. The van der Waals surface area contributed by atoms with E-state index in [1.54, 1.807) is 12.7 Å². The molecule has 0 amide bonds. The normalized spacial score (nSPS) is 20.9. The third kappa shape index (κ3) is 1.95. The van der Waals surface area contributed by atoms with Crippen molar-refractivity contribution in [1.29, 1.82) is 0 Å². The molecule has 0 aromatic carbocycles. The average molecular weight is 195 g/mol. The van der Waals surface area contributed by atoms with Crippen LogP contribution < -0.4 is 0 Å². The molecule has 1 atom stereocenters. The van der Waals surface area contributed by atoms with Crippen molar-refractivity contribution in [1.82, 2.24) is 14.8 Å². The van der Waals surface area contributed by atoms with Gasteiger partial charge in [0.2, 0.25) is 0 Å². The second kappa shape index (κ2) is 4.55. The van der Waals surface area contributed by atoms with Crippen molar-refractivity contribution in [2.75, 3.05) is 6.61 Å². The van der Waals surface area contributed by atoms with Crippen LogP contribution in [0.2, 0.25) is 0 Å². The molecule has 1 N–H and O–H groups in total. The molecule has 1 unspecified atom stereocenters. The maximum absolute atomic E-state index is 9.37. The van der Waals surface area contributed by atoms with E-state index >= 15 is 0 Å². The summed E-state index contributed by atoms with van der Waals surface area (Å²) in [6.45, 7) is 0.197. The zero-order valence-corrected chi connectivity index (χ0v) is 8.34. The first-order valence-corrected chi connectivity index (χ1v) is 5.37. The Hall–Kier alpha value is -0.900. The molecule has 14 heavy (non-hydrogen) atoms. The highest BCUT2D eigenvalue weighted by Gasteiger charge is 2.24. The molecule has 0 saturated heterocycles. The van der Waals surface area contributed by atoms with Crippen LogP contribution in [0.1, 0.15) is 38.1 Å². The first-order valence-electron chi connectivity index (χ1n) is 5.37. The summed E-state index contributed by atoms with van der Waals surface area (Å²) in [6, 6.07) is 0.185. The molecule has 0 radical (unpaired) electrons. The van der Waals surface area contributed by atoms with Gasteiger partial charge in [0.1, 0.15) is 12.7 Å². The third-order valence-electron chi connectivity index (χ3n) is 3.20. The van der Waals surface area contributed by atoms with E-state index in [1.165, 1.54) is 32.1 Å². The van der Waals surface area contributed by atoms with E-state index in [2.05, 4.69) is 10.2 Å². The monoisotopic (exact) mass is 195 g/mol. The molecule has 0 spiro atoms. The summed E-state index contributed by atoms with van der Waals surface area (Å²) in [4.78, 5) is 0. The topological polar surface area (TPSA) is 50.9 Å². The van der Waals surface area contributed by atoms with Gasteiger partial charge in [-0.3, -0.25) is 0 Å². The molecule has 1 saturated carbocycles. The van der Waals surface area contributed by atoms with Gasteiger partial charge >= 0.3 is 0 Å². The molecule has 1 fully saturated rings. The van der Waals surface area contributed by atoms with Gasteiger partial charge in [0.05, 0.1) is 12.6 Å². The van der Waals surface area contributed by atoms with Gasteiger partial charge in [0.15, 0.2) is 0 Å². The first-order chi connectivity index (χ1) is 6.92. The first kappa shape index (κ1) is 9.65. The Labute approximate surface area is 84.0 Å². The number of rotatable bonds is 3. The fraction of sp³-hybridized carbons (Fsp3) is 0.800. The van der Waals surface area contributed by atoms with Crippen molar-refractivity contribution < 1.29 is 5.11 Å². The molecule has 0 bridgehead atoms. The Balaban J connectivity index is 2.04. The number of nitrogens with zero attached hydrogens (tertiary/aromatic N) is 3. The van der Waals surface area contributed by atoms with Crippen LogP contribution in [0.3, 0.4) is 0 Å². The van der Waals surface area contributed by atoms with Crippen LogP contribution in [0.4, 0.5) is 0 Å². The molecule has 1 aliphatic rings. The molecule has 0 aliphatic heterocycles. The zero-order valence-electron chi connectivity index (χ0n) is 8.34. The van der Waals surface area contributed by atoms with Crippen LogP contribution in [0, 0.1) is 5.92 Å². The Morgan fingerprint density at radius 1 is 1.21 bits per heavy atom. The average Bonchev–Trinajstić information content (AvgIpc) is 2.74. The van der Waals surface area contributed by atoms with Crippen LogP contribution in [-0.2, 0) is 0 Å². The fourth-order valence-corrected chi connectivity index (χ4v) is 2.39. The third-order valence-corrected chi connectivity index (χ3v) is 3.20. The zero-order chi connectivity index (χ0) is 9.80. The highest BCUT2D eigenvalue weighted by atomic mass is 16.3. The molecule has 1 heterocycles. The lowest BCUT2D eigenvalue weighted by atomic mass is 9.84. The van der Waals surface area contributed by atoms with Gasteiger partial charge in [0.25, 0.3) is 0 Å². The van der Waals surface area contributed by atoms with E-state index in [0.717, 1.165) is 0 Å². The van der Waals surface area contributed by atoms with Gasteiger partial charge in [-0.2, -0.15) is 0 Å². The fourth-order valence-electron chi connectivity index (χ4n) is 2.39. The lowest BCUT2D eigenvalue weighted by Gasteiger charge is -2.29. The molecule has 1 aromatic heterocycles.